The number of hydrogen-bond donors (Lipinski definition) is 1. The van der Waals surface area contributed by atoms with E-state index in [-0.39, 0.29) is 6.61 Å². The highest BCUT2D eigenvalue weighted by Gasteiger charge is 2.27. The zero-order chi connectivity index (χ0) is 11.4. The maximum absolute atomic E-state index is 8.38. The predicted octanol–water partition coefficient (Wildman–Crippen LogP) is 2.80. The fourth-order valence-electron chi connectivity index (χ4n) is 1.74. The van der Waals surface area contributed by atoms with Crippen LogP contribution >= 0.6 is 0 Å². The third kappa shape index (κ3) is 2.90. The van der Waals surface area contributed by atoms with E-state index < -0.39 is 0 Å². The highest BCUT2D eigenvalue weighted by atomic mass is 16.5. The van der Waals surface area contributed by atoms with Crippen LogP contribution in [0, 0.1) is 17.2 Å². The van der Waals surface area contributed by atoms with Crippen molar-refractivity contribution in [3.63, 3.8) is 0 Å². The van der Waals surface area contributed by atoms with Gasteiger partial charge in [-0.05, 0) is 49.9 Å². The van der Waals surface area contributed by atoms with Crippen LogP contribution in [0.25, 0.3) is 0 Å². The Morgan fingerprint density at radius 1 is 1.44 bits per heavy atom. The van der Waals surface area contributed by atoms with E-state index in [1.807, 2.05) is 30.3 Å². The van der Waals surface area contributed by atoms with Crippen LogP contribution < -0.4 is 10.1 Å². The smallest absolute Gasteiger partial charge is 0.174 e. The van der Waals surface area contributed by atoms with Crippen LogP contribution in [0.2, 0.25) is 0 Å². The van der Waals surface area contributed by atoms with Gasteiger partial charge in [-0.1, -0.05) is 0 Å². The van der Waals surface area contributed by atoms with Crippen molar-refractivity contribution in [2.75, 3.05) is 11.9 Å². The molecule has 0 heterocycles. The number of nitrogens with one attached hydrogen (secondary N) is 1. The van der Waals surface area contributed by atoms with E-state index in [9.17, 15) is 0 Å². The summed E-state index contributed by atoms with van der Waals surface area (Å²) in [6.45, 7) is 2.32. The van der Waals surface area contributed by atoms with Crippen molar-refractivity contribution in [3.05, 3.63) is 24.3 Å². The Bertz CT molecular complexity index is 376. The Labute approximate surface area is 96.0 Å². The van der Waals surface area contributed by atoms with Crippen LogP contribution in [0.5, 0.6) is 5.75 Å². The molecule has 1 aromatic rings. The molecular weight excluding hydrogens is 200 g/mol. The zero-order valence-corrected chi connectivity index (χ0v) is 9.44. The minimum absolute atomic E-state index is 0.102. The van der Waals surface area contributed by atoms with E-state index in [0.29, 0.717) is 6.04 Å². The molecule has 0 amide bonds. The minimum atomic E-state index is 0.102. The van der Waals surface area contributed by atoms with Crippen molar-refractivity contribution < 1.29 is 4.74 Å². The van der Waals surface area contributed by atoms with Crippen LogP contribution in [0.4, 0.5) is 5.69 Å². The first-order valence-corrected chi connectivity index (χ1v) is 5.66. The van der Waals surface area contributed by atoms with Gasteiger partial charge in [0.1, 0.15) is 11.8 Å². The third-order valence-corrected chi connectivity index (χ3v) is 2.88. The molecule has 1 aliphatic rings. The SMILES string of the molecule is CC(Nc1ccc(OCC#N)cc1)C1CC1. The van der Waals surface area contributed by atoms with E-state index in [1.165, 1.54) is 12.8 Å². The van der Waals surface area contributed by atoms with Gasteiger partial charge >= 0.3 is 0 Å². The Morgan fingerprint density at radius 2 is 2.12 bits per heavy atom. The molecule has 1 saturated carbocycles. The van der Waals surface area contributed by atoms with Crippen LogP contribution in [0.15, 0.2) is 24.3 Å². The monoisotopic (exact) mass is 216 g/mol. The summed E-state index contributed by atoms with van der Waals surface area (Å²) in [6.07, 6.45) is 2.69. The molecule has 2 rings (SSSR count). The van der Waals surface area contributed by atoms with E-state index in [2.05, 4.69) is 12.2 Å². The van der Waals surface area contributed by atoms with Gasteiger partial charge in [0.05, 0.1) is 0 Å². The number of rotatable bonds is 5. The summed E-state index contributed by atoms with van der Waals surface area (Å²) in [5, 5.41) is 11.8. The summed E-state index contributed by atoms with van der Waals surface area (Å²) in [6, 6.07) is 10.3. The Hall–Kier alpha value is -1.69. The molecule has 3 heteroatoms. The second kappa shape index (κ2) is 4.89. The van der Waals surface area contributed by atoms with Crippen molar-refractivity contribution in [3.8, 4) is 11.8 Å². The molecule has 3 nitrogen and oxygen atoms in total. The summed E-state index contributed by atoms with van der Waals surface area (Å²) in [7, 11) is 0. The van der Waals surface area contributed by atoms with Gasteiger partial charge in [0.2, 0.25) is 0 Å². The predicted molar refractivity (Wildman–Crippen MR) is 63.4 cm³/mol. The van der Waals surface area contributed by atoms with Gasteiger partial charge < -0.3 is 10.1 Å². The zero-order valence-electron chi connectivity index (χ0n) is 9.44. The summed E-state index contributed by atoms with van der Waals surface area (Å²) >= 11 is 0. The fourth-order valence-corrected chi connectivity index (χ4v) is 1.74. The first-order chi connectivity index (χ1) is 7.79. The molecule has 0 aromatic heterocycles. The second-order valence-corrected chi connectivity index (χ2v) is 4.24. The molecule has 0 bridgehead atoms. The summed E-state index contributed by atoms with van der Waals surface area (Å²) in [5.41, 5.74) is 1.11. The van der Waals surface area contributed by atoms with Crippen LogP contribution in [0.1, 0.15) is 19.8 Å². The lowest BCUT2D eigenvalue weighted by Crippen LogP contribution is -2.16. The maximum atomic E-state index is 8.38. The number of anilines is 1. The normalized spacial score (nSPS) is 16.2. The molecule has 84 valence electrons. The average Bonchev–Trinajstić information content (AvgIpc) is 3.12. The average molecular weight is 216 g/mol. The van der Waals surface area contributed by atoms with Crippen LogP contribution in [-0.2, 0) is 0 Å². The molecule has 1 N–H and O–H groups in total. The lowest BCUT2D eigenvalue weighted by Gasteiger charge is -2.14. The molecule has 1 unspecified atom stereocenters. The summed E-state index contributed by atoms with van der Waals surface area (Å²) < 4.78 is 5.19. The van der Waals surface area contributed by atoms with Crippen molar-refractivity contribution in [2.24, 2.45) is 5.92 Å². The largest absolute Gasteiger partial charge is 0.479 e. The highest BCUT2D eigenvalue weighted by Crippen LogP contribution is 2.34. The lowest BCUT2D eigenvalue weighted by atomic mass is 10.2. The molecule has 1 atom stereocenters. The van der Waals surface area contributed by atoms with E-state index in [0.717, 1.165) is 17.4 Å². The van der Waals surface area contributed by atoms with E-state index in [4.69, 9.17) is 10.00 Å². The van der Waals surface area contributed by atoms with Gasteiger partial charge in [0, 0.05) is 11.7 Å². The third-order valence-electron chi connectivity index (χ3n) is 2.88. The standard InChI is InChI=1S/C13H16N2O/c1-10(11-2-3-11)15-12-4-6-13(7-5-12)16-9-8-14/h4-7,10-11,15H,2-3,9H2,1H3. The van der Waals surface area contributed by atoms with Crippen LogP contribution in [0.3, 0.4) is 0 Å². The number of hydrogen-bond acceptors (Lipinski definition) is 3. The molecule has 16 heavy (non-hydrogen) atoms. The van der Waals surface area contributed by atoms with Gasteiger partial charge in [0.15, 0.2) is 6.61 Å². The van der Waals surface area contributed by atoms with Gasteiger partial charge in [-0.2, -0.15) is 5.26 Å². The first kappa shape index (κ1) is 10.8. The molecule has 1 aromatic carbocycles. The van der Waals surface area contributed by atoms with Gasteiger partial charge in [0.25, 0.3) is 0 Å². The maximum Gasteiger partial charge on any atom is 0.174 e. The van der Waals surface area contributed by atoms with Crippen molar-refractivity contribution >= 4 is 5.69 Å². The molecule has 0 radical (unpaired) electrons. The van der Waals surface area contributed by atoms with Gasteiger partial charge in [-0.3, -0.25) is 0 Å². The molecule has 0 spiro atoms. The number of nitriles is 1. The lowest BCUT2D eigenvalue weighted by molar-refractivity contribution is 0.368. The van der Waals surface area contributed by atoms with Gasteiger partial charge in [-0.25, -0.2) is 0 Å². The second-order valence-electron chi connectivity index (χ2n) is 4.24. The minimum Gasteiger partial charge on any atom is -0.479 e. The Kier molecular flexibility index (Phi) is 3.31. The Morgan fingerprint density at radius 3 is 2.69 bits per heavy atom. The van der Waals surface area contributed by atoms with Crippen LogP contribution in [-0.4, -0.2) is 12.6 Å². The topological polar surface area (TPSA) is 45.0 Å². The summed E-state index contributed by atoms with van der Waals surface area (Å²) in [4.78, 5) is 0. The number of benzene rings is 1. The van der Waals surface area contributed by atoms with Crippen molar-refractivity contribution in [2.45, 2.75) is 25.8 Å². The fraction of sp³-hybridized carbons (Fsp3) is 0.462. The molecule has 1 fully saturated rings. The Balaban J connectivity index is 1.88. The van der Waals surface area contributed by atoms with Gasteiger partial charge in [-0.15, -0.1) is 0 Å². The van der Waals surface area contributed by atoms with E-state index in [1.54, 1.807) is 0 Å². The molecule has 1 aliphatic carbocycles. The summed E-state index contributed by atoms with van der Waals surface area (Å²) in [5.74, 6) is 1.58. The number of nitrogens with zero attached hydrogens (tertiary/aromatic N) is 1. The van der Waals surface area contributed by atoms with Crippen molar-refractivity contribution in [1.29, 1.82) is 5.26 Å². The van der Waals surface area contributed by atoms with E-state index >= 15 is 0 Å². The molecular formula is C13H16N2O. The molecule has 0 saturated heterocycles. The number of ether oxygens (including phenoxy) is 1. The first-order valence-electron chi connectivity index (χ1n) is 5.66. The quantitative estimate of drug-likeness (QED) is 0.823. The highest BCUT2D eigenvalue weighted by molar-refractivity contribution is 5.47. The van der Waals surface area contributed by atoms with Crippen molar-refractivity contribution in [1.82, 2.24) is 0 Å². The molecule has 0 aliphatic heterocycles.